The Balaban J connectivity index is 0.643. The van der Waals surface area contributed by atoms with Crippen LogP contribution < -0.4 is 20.3 Å². The summed E-state index contributed by atoms with van der Waals surface area (Å²) >= 11 is 3.20. The first-order chi connectivity index (χ1) is 32.0. The second-order valence-corrected chi connectivity index (χ2v) is 19.8. The first-order valence-electron chi connectivity index (χ1n) is 22.9. The Labute approximate surface area is 392 Å². The molecule has 8 rings (SSSR count). The van der Waals surface area contributed by atoms with Crippen molar-refractivity contribution in [1.29, 1.82) is 0 Å². The number of benzene rings is 4. The SMILES string of the molecule is Cc1cc(OCC(O)CN2CCN(CC(O)COCCOCC(O)CN3CCN(CC(O)COc4cc(C)c5sc6ccccc6c(=O)c5c4)CC3)CC2)cc2c(=O)c3ccccc3sc12. The van der Waals surface area contributed by atoms with Gasteiger partial charge in [0.2, 0.25) is 0 Å². The average molecular weight is 943 g/mol. The highest BCUT2D eigenvalue weighted by Crippen LogP contribution is 2.32. The van der Waals surface area contributed by atoms with E-state index in [2.05, 4.69) is 19.6 Å². The summed E-state index contributed by atoms with van der Waals surface area (Å²) in [6.45, 7) is 13.2. The molecule has 4 heterocycles. The van der Waals surface area contributed by atoms with Gasteiger partial charge >= 0.3 is 0 Å². The van der Waals surface area contributed by atoms with E-state index in [0.717, 1.165) is 82.3 Å². The predicted octanol–water partition coefficient (Wildman–Crippen LogP) is 3.93. The van der Waals surface area contributed by atoms with Gasteiger partial charge in [0, 0.05) is 119 Å². The van der Waals surface area contributed by atoms with Crippen molar-refractivity contribution in [2.75, 3.05) is 118 Å². The maximum atomic E-state index is 13.2. The van der Waals surface area contributed by atoms with Crippen molar-refractivity contribution in [3.8, 4) is 11.5 Å². The zero-order valence-electron chi connectivity index (χ0n) is 37.8. The van der Waals surface area contributed by atoms with E-state index in [9.17, 15) is 30.0 Å². The minimum atomic E-state index is -0.692. The van der Waals surface area contributed by atoms with E-state index in [-0.39, 0.29) is 37.3 Å². The molecule has 2 aliphatic heterocycles. The molecule has 2 aliphatic rings. The highest BCUT2D eigenvalue weighted by atomic mass is 32.1. The summed E-state index contributed by atoms with van der Waals surface area (Å²) in [5, 5.41) is 45.5. The quantitative estimate of drug-likeness (QED) is 0.0607. The number of ether oxygens (including phenoxy) is 4. The van der Waals surface area contributed by atoms with Gasteiger partial charge in [-0.05, 0) is 73.5 Å². The van der Waals surface area contributed by atoms with Crippen LogP contribution in [0.3, 0.4) is 0 Å². The van der Waals surface area contributed by atoms with Crippen LogP contribution in [-0.2, 0) is 9.47 Å². The predicted molar refractivity (Wildman–Crippen MR) is 263 cm³/mol. The molecule has 6 aromatic rings. The van der Waals surface area contributed by atoms with Crippen LogP contribution in [0.2, 0.25) is 0 Å². The number of piperazine rings is 2. The fourth-order valence-corrected chi connectivity index (χ4v) is 11.1. The Morgan fingerprint density at radius 1 is 0.485 bits per heavy atom. The summed E-state index contributed by atoms with van der Waals surface area (Å²) in [5.74, 6) is 1.16. The lowest BCUT2D eigenvalue weighted by Crippen LogP contribution is -2.51. The fraction of sp³-hybridized carbons (Fsp3) is 0.480. The first-order valence-corrected chi connectivity index (χ1v) is 24.6. The van der Waals surface area contributed by atoms with Crippen LogP contribution in [0.1, 0.15) is 11.1 Å². The second kappa shape index (κ2) is 22.8. The van der Waals surface area contributed by atoms with Crippen molar-refractivity contribution in [3.63, 3.8) is 0 Å². The molecule has 0 radical (unpaired) electrons. The summed E-state index contributed by atoms with van der Waals surface area (Å²) in [7, 11) is 0. The number of hydrogen-bond donors (Lipinski definition) is 4. The molecule has 0 aliphatic carbocycles. The molecule has 0 spiro atoms. The molecule has 16 heteroatoms. The molecule has 4 N–H and O–H groups in total. The van der Waals surface area contributed by atoms with Crippen molar-refractivity contribution in [1.82, 2.24) is 19.6 Å². The van der Waals surface area contributed by atoms with E-state index in [1.54, 1.807) is 34.8 Å². The maximum Gasteiger partial charge on any atom is 0.196 e. The number of rotatable bonds is 21. The van der Waals surface area contributed by atoms with Gasteiger partial charge < -0.3 is 39.4 Å². The van der Waals surface area contributed by atoms with Crippen LogP contribution in [0.5, 0.6) is 11.5 Å². The largest absolute Gasteiger partial charge is 0.491 e. The molecule has 2 aromatic heterocycles. The van der Waals surface area contributed by atoms with E-state index in [1.165, 1.54) is 0 Å². The molecule has 0 amide bonds. The molecule has 4 atom stereocenters. The Morgan fingerprint density at radius 2 is 0.818 bits per heavy atom. The smallest absolute Gasteiger partial charge is 0.196 e. The summed E-state index contributed by atoms with van der Waals surface area (Å²) < 4.78 is 27.1. The molecular formula is C50H62N4O10S2. The molecule has 2 saturated heterocycles. The Kier molecular flexibility index (Phi) is 16.7. The third kappa shape index (κ3) is 12.5. The zero-order valence-corrected chi connectivity index (χ0v) is 39.4. The number of aryl methyl sites for hydroxylation is 2. The molecule has 4 unspecified atom stereocenters. The van der Waals surface area contributed by atoms with Gasteiger partial charge in [0.15, 0.2) is 10.9 Å². The Morgan fingerprint density at radius 3 is 1.18 bits per heavy atom. The first kappa shape index (κ1) is 48.3. The van der Waals surface area contributed by atoms with Crippen LogP contribution in [0, 0.1) is 13.8 Å². The number of fused-ring (bicyclic) bond motifs is 4. The van der Waals surface area contributed by atoms with Gasteiger partial charge in [0.25, 0.3) is 0 Å². The molecule has 14 nitrogen and oxygen atoms in total. The number of aliphatic hydroxyl groups is 4. The third-order valence-corrected chi connectivity index (χ3v) is 15.0. The Bertz CT molecular complexity index is 2500. The van der Waals surface area contributed by atoms with E-state index in [4.69, 9.17) is 18.9 Å². The molecule has 2 fully saturated rings. The van der Waals surface area contributed by atoms with Gasteiger partial charge in [-0.1, -0.05) is 24.3 Å². The number of nitrogens with zero attached hydrogens (tertiary/aromatic N) is 4. The van der Waals surface area contributed by atoms with Gasteiger partial charge in [-0.15, -0.1) is 22.7 Å². The van der Waals surface area contributed by atoms with E-state index >= 15 is 0 Å². The lowest BCUT2D eigenvalue weighted by molar-refractivity contribution is -0.0343. The molecule has 66 heavy (non-hydrogen) atoms. The normalized spacial score (nSPS) is 17.7. The van der Waals surface area contributed by atoms with Crippen LogP contribution in [-0.4, -0.2) is 183 Å². The van der Waals surface area contributed by atoms with Crippen molar-refractivity contribution < 1.29 is 39.4 Å². The standard InChI is InChI=1S/C50H62N4O10S2/c1-33-21-39(23-43-47(59)41-7-3-5-9-45(41)65-49(33)43)63-31-37(57)27-53-15-11-51(12-16-53)25-35(55)29-61-19-20-62-30-36(56)26-52-13-17-54(18-14-52)28-38(58)32-64-40-22-34(2)50-44(24-40)48(60)42-8-4-6-10-46(42)66-50/h3-10,21-24,35-38,55-58H,11-20,25-32H2,1-2H3. The maximum absolute atomic E-state index is 13.2. The number of hydrogen-bond acceptors (Lipinski definition) is 16. The van der Waals surface area contributed by atoms with Crippen molar-refractivity contribution in [2.24, 2.45) is 0 Å². The van der Waals surface area contributed by atoms with E-state index in [0.29, 0.717) is 72.4 Å². The fourth-order valence-electron chi connectivity index (χ4n) is 8.91. The van der Waals surface area contributed by atoms with Gasteiger partial charge in [0.1, 0.15) is 36.9 Å². The molecule has 354 valence electrons. The number of aliphatic hydroxyl groups excluding tert-OH is 4. The van der Waals surface area contributed by atoms with E-state index in [1.807, 2.05) is 74.5 Å². The minimum absolute atomic E-state index is 0.00734. The van der Waals surface area contributed by atoms with Gasteiger partial charge in [0.05, 0.1) is 38.6 Å². The zero-order chi connectivity index (χ0) is 46.2. The van der Waals surface area contributed by atoms with Crippen molar-refractivity contribution in [3.05, 3.63) is 104 Å². The van der Waals surface area contributed by atoms with Crippen LogP contribution in [0.25, 0.3) is 40.3 Å². The lowest BCUT2D eigenvalue weighted by Gasteiger charge is -2.36. The van der Waals surface area contributed by atoms with Crippen LogP contribution in [0.15, 0.2) is 82.4 Å². The topological polar surface area (TPSA) is 165 Å². The van der Waals surface area contributed by atoms with Crippen LogP contribution in [0.4, 0.5) is 0 Å². The van der Waals surface area contributed by atoms with Gasteiger partial charge in [-0.2, -0.15) is 0 Å². The van der Waals surface area contributed by atoms with E-state index < -0.39 is 24.4 Å². The monoisotopic (exact) mass is 942 g/mol. The average Bonchev–Trinajstić information content (AvgIpc) is 3.31. The van der Waals surface area contributed by atoms with Gasteiger partial charge in [-0.3, -0.25) is 29.2 Å². The summed E-state index contributed by atoms with van der Waals surface area (Å²) in [4.78, 5) is 35.2. The molecule has 0 bridgehead atoms. The second-order valence-electron chi connectivity index (χ2n) is 17.7. The van der Waals surface area contributed by atoms with Crippen LogP contribution >= 0.6 is 22.7 Å². The summed E-state index contributed by atoms with van der Waals surface area (Å²) in [6.07, 6.45) is -2.67. The number of β-amino-alcohol motifs (C(OH)–C–C–N with tert-alkyl or cyclic N) is 4. The Hall–Kier alpha value is -4.14. The minimum Gasteiger partial charge on any atom is -0.491 e. The molecule has 4 aromatic carbocycles. The summed E-state index contributed by atoms with van der Waals surface area (Å²) in [5.41, 5.74) is 1.93. The van der Waals surface area contributed by atoms with Crippen molar-refractivity contribution in [2.45, 2.75) is 38.3 Å². The lowest BCUT2D eigenvalue weighted by atomic mass is 10.1. The molecule has 0 saturated carbocycles. The highest BCUT2D eigenvalue weighted by molar-refractivity contribution is 7.25. The summed E-state index contributed by atoms with van der Waals surface area (Å²) in [6, 6.07) is 22.7. The van der Waals surface area contributed by atoms with Crippen molar-refractivity contribution >= 4 is 63.0 Å². The van der Waals surface area contributed by atoms with Gasteiger partial charge in [-0.25, -0.2) is 0 Å². The molecular weight excluding hydrogens is 881 g/mol. The highest BCUT2D eigenvalue weighted by Gasteiger charge is 2.24. The third-order valence-electron chi connectivity index (χ3n) is 12.4.